The molecule has 0 aliphatic carbocycles. The van der Waals surface area contributed by atoms with E-state index >= 15 is 0 Å². The van der Waals surface area contributed by atoms with Gasteiger partial charge in [0.15, 0.2) is 5.82 Å². The summed E-state index contributed by atoms with van der Waals surface area (Å²) in [7, 11) is 0. The minimum Gasteiger partial charge on any atom is -0.326 e. The maximum Gasteiger partial charge on any atom is 0.151 e. The molecule has 0 saturated heterocycles. The van der Waals surface area contributed by atoms with Gasteiger partial charge in [0.1, 0.15) is 11.3 Å². The lowest BCUT2D eigenvalue weighted by atomic mass is 10.3. The predicted octanol–water partition coefficient (Wildman–Crippen LogP) is 5.43. The Morgan fingerprint density at radius 2 is 2.14 bits per heavy atom. The van der Waals surface area contributed by atoms with E-state index in [1.165, 1.54) is 10.9 Å². The summed E-state index contributed by atoms with van der Waals surface area (Å²) in [6.07, 6.45) is 0.815. The first-order valence-corrected chi connectivity index (χ1v) is 8.22. The van der Waals surface area contributed by atoms with Gasteiger partial charge in [0.05, 0.1) is 15.2 Å². The molecule has 0 N–H and O–H groups in total. The van der Waals surface area contributed by atoms with Gasteiger partial charge in [0, 0.05) is 11.4 Å². The molecule has 0 saturated carbocycles. The predicted molar refractivity (Wildman–Crippen MR) is 87.0 cm³/mol. The molecule has 2 aromatic heterocycles. The normalized spacial score (nSPS) is 13.0. The highest BCUT2D eigenvalue weighted by atomic mass is 35.5. The van der Waals surface area contributed by atoms with Crippen molar-refractivity contribution in [1.82, 2.24) is 9.55 Å². The SMILES string of the molecule is CC(Cl)c1nc2c(F)cccc2n1CCc1ccc(Cl)s1. The second kappa shape index (κ2) is 5.95. The summed E-state index contributed by atoms with van der Waals surface area (Å²) in [5, 5.41) is -0.274. The number of benzene rings is 1. The molecular weight excluding hydrogens is 330 g/mol. The van der Waals surface area contributed by atoms with Crippen LogP contribution < -0.4 is 0 Å². The zero-order valence-corrected chi connectivity index (χ0v) is 13.6. The maximum atomic E-state index is 13.9. The summed E-state index contributed by atoms with van der Waals surface area (Å²) in [4.78, 5) is 5.55. The van der Waals surface area contributed by atoms with Gasteiger partial charge >= 0.3 is 0 Å². The number of imidazole rings is 1. The van der Waals surface area contributed by atoms with Crippen LogP contribution in [0.1, 0.15) is 23.0 Å². The summed E-state index contributed by atoms with van der Waals surface area (Å²) in [6.45, 7) is 2.54. The van der Waals surface area contributed by atoms with E-state index in [1.807, 2.05) is 29.7 Å². The number of nitrogens with zero attached hydrogens (tertiary/aromatic N) is 2. The van der Waals surface area contributed by atoms with Crippen molar-refractivity contribution in [1.29, 1.82) is 0 Å². The third-order valence-electron chi connectivity index (χ3n) is 3.33. The lowest BCUT2D eigenvalue weighted by Crippen LogP contribution is -2.06. The van der Waals surface area contributed by atoms with Gasteiger partial charge in [-0.25, -0.2) is 9.37 Å². The molecule has 110 valence electrons. The number of halogens is 3. The third-order valence-corrected chi connectivity index (χ3v) is 4.81. The molecule has 1 unspecified atom stereocenters. The number of aryl methyl sites for hydroxylation is 2. The fourth-order valence-electron chi connectivity index (χ4n) is 2.38. The molecule has 6 heteroatoms. The number of fused-ring (bicyclic) bond motifs is 1. The van der Waals surface area contributed by atoms with Gasteiger partial charge in [-0.1, -0.05) is 17.7 Å². The van der Waals surface area contributed by atoms with Crippen molar-refractivity contribution in [2.45, 2.75) is 25.3 Å². The first-order valence-electron chi connectivity index (χ1n) is 6.59. The van der Waals surface area contributed by atoms with Crippen molar-refractivity contribution < 1.29 is 4.39 Å². The average Bonchev–Trinajstić information content (AvgIpc) is 3.01. The molecule has 2 nitrogen and oxygen atoms in total. The maximum absolute atomic E-state index is 13.9. The highest BCUT2D eigenvalue weighted by Crippen LogP contribution is 2.27. The fraction of sp³-hybridized carbons (Fsp3) is 0.267. The molecule has 3 rings (SSSR count). The molecule has 0 spiro atoms. The lowest BCUT2D eigenvalue weighted by molar-refractivity contribution is 0.637. The molecular formula is C15H13Cl2FN2S. The van der Waals surface area contributed by atoms with Crippen LogP contribution in [0.25, 0.3) is 11.0 Å². The van der Waals surface area contributed by atoms with Crippen LogP contribution in [0.5, 0.6) is 0 Å². The summed E-state index contributed by atoms with van der Waals surface area (Å²) < 4.78 is 16.6. The van der Waals surface area contributed by atoms with Crippen LogP contribution >= 0.6 is 34.5 Å². The molecule has 21 heavy (non-hydrogen) atoms. The average molecular weight is 343 g/mol. The van der Waals surface area contributed by atoms with E-state index in [4.69, 9.17) is 23.2 Å². The lowest BCUT2D eigenvalue weighted by Gasteiger charge is -2.09. The van der Waals surface area contributed by atoms with Crippen molar-refractivity contribution >= 4 is 45.6 Å². The van der Waals surface area contributed by atoms with E-state index in [1.54, 1.807) is 17.4 Å². The Morgan fingerprint density at radius 3 is 2.81 bits per heavy atom. The summed E-state index contributed by atoms with van der Waals surface area (Å²) >= 11 is 13.7. The standard InChI is InChI=1S/C15H13Cl2FN2S/c1-9(16)15-19-14-11(18)3-2-4-12(14)20(15)8-7-10-5-6-13(17)21-10/h2-6,9H,7-8H2,1H3. The topological polar surface area (TPSA) is 17.8 Å². The van der Waals surface area contributed by atoms with Gasteiger partial charge in [0.2, 0.25) is 0 Å². The fourth-order valence-corrected chi connectivity index (χ4v) is 3.62. The smallest absolute Gasteiger partial charge is 0.151 e. The Bertz CT molecular complexity index is 779. The number of hydrogen-bond acceptors (Lipinski definition) is 2. The van der Waals surface area contributed by atoms with Gasteiger partial charge in [-0.2, -0.15) is 0 Å². The zero-order valence-electron chi connectivity index (χ0n) is 11.3. The van der Waals surface area contributed by atoms with Crippen molar-refractivity contribution in [2.24, 2.45) is 0 Å². The monoisotopic (exact) mass is 342 g/mol. The number of alkyl halides is 1. The second-order valence-corrected chi connectivity index (χ2v) is 7.26. The van der Waals surface area contributed by atoms with Gasteiger partial charge in [0.25, 0.3) is 0 Å². The number of aromatic nitrogens is 2. The first-order chi connectivity index (χ1) is 10.1. The Kier molecular flexibility index (Phi) is 4.20. The van der Waals surface area contributed by atoms with E-state index in [0.29, 0.717) is 17.9 Å². The van der Waals surface area contributed by atoms with Gasteiger partial charge in [-0.3, -0.25) is 0 Å². The Hall–Kier alpha value is -1.10. The van der Waals surface area contributed by atoms with Crippen molar-refractivity contribution in [3.63, 3.8) is 0 Å². The Morgan fingerprint density at radius 1 is 1.33 bits per heavy atom. The molecule has 0 aliphatic heterocycles. The largest absolute Gasteiger partial charge is 0.326 e. The highest BCUT2D eigenvalue weighted by molar-refractivity contribution is 7.16. The van der Waals surface area contributed by atoms with Gasteiger partial charge < -0.3 is 4.57 Å². The summed E-state index contributed by atoms with van der Waals surface area (Å²) in [6, 6.07) is 8.88. The third kappa shape index (κ3) is 2.93. The van der Waals surface area contributed by atoms with Crippen LogP contribution in [0.2, 0.25) is 4.34 Å². The molecule has 3 aromatic rings. The van der Waals surface area contributed by atoms with Crippen molar-refractivity contribution in [3.8, 4) is 0 Å². The van der Waals surface area contributed by atoms with Crippen molar-refractivity contribution in [3.05, 3.63) is 51.2 Å². The van der Waals surface area contributed by atoms with Crippen LogP contribution in [0.4, 0.5) is 4.39 Å². The molecule has 0 aliphatic rings. The number of hydrogen-bond donors (Lipinski definition) is 0. The zero-order chi connectivity index (χ0) is 15.0. The summed E-state index contributed by atoms with van der Waals surface area (Å²) in [5.74, 6) is 0.378. The van der Waals surface area contributed by atoms with E-state index in [2.05, 4.69) is 4.98 Å². The summed E-state index contributed by atoms with van der Waals surface area (Å²) in [5.41, 5.74) is 1.16. The van der Waals surface area contributed by atoms with Crippen molar-refractivity contribution in [2.75, 3.05) is 0 Å². The van der Waals surface area contributed by atoms with Gasteiger partial charge in [-0.15, -0.1) is 22.9 Å². The van der Waals surface area contributed by atoms with Crippen LogP contribution in [-0.2, 0) is 13.0 Å². The minimum absolute atomic E-state index is 0.274. The number of para-hydroxylation sites is 1. The molecule has 0 radical (unpaired) electrons. The van der Waals surface area contributed by atoms with Crippen LogP contribution in [-0.4, -0.2) is 9.55 Å². The first kappa shape index (κ1) is 14.8. The van der Waals surface area contributed by atoms with E-state index in [-0.39, 0.29) is 11.2 Å². The quantitative estimate of drug-likeness (QED) is 0.577. The molecule has 0 amide bonds. The number of rotatable bonds is 4. The Balaban J connectivity index is 1.99. The molecule has 1 aromatic carbocycles. The van der Waals surface area contributed by atoms with Gasteiger partial charge in [-0.05, 0) is 37.6 Å². The Labute approximate surface area is 136 Å². The van der Waals surface area contributed by atoms with E-state index in [0.717, 1.165) is 16.3 Å². The molecule has 2 heterocycles. The molecule has 1 atom stereocenters. The van der Waals surface area contributed by atoms with Crippen LogP contribution in [0.15, 0.2) is 30.3 Å². The second-order valence-electron chi connectivity index (χ2n) is 4.80. The number of thiophene rings is 1. The highest BCUT2D eigenvalue weighted by Gasteiger charge is 2.17. The van der Waals surface area contributed by atoms with E-state index < -0.39 is 0 Å². The molecule has 0 bridgehead atoms. The van der Waals surface area contributed by atoms with E-state index in [9.17, 15) is 4.39 Å². The molecule has 0 fully saturated rings. The van der Waals surface area contributed by atoms with Crippen LogP contribution in [0.3, 0.4) is 0 Å². The minimum atomic E-state index is -0.316. The van der Waals surface area contributed by atoms with Crippen LogP contribution in [0, 0.1) is 5.82 Å².